The molecule has 0 amide bonds. The molecule has 0 bridgehead atoms. The molecule has 3 nitrogen and oxygen atoms in total. The zero-order valence-electron chi connectivity index (χ0n) is 8.82. The molecule has 82 valence electrons. The maximum absolute atomic E-state index is 8.98. The molecule has 0 spiro atoms. The normalized spacial score (nSPS) is 25.7. The van der Waals surface area contributed by atoms with E-state index in [0.29, 0.717) is 6.04 Å². The van der Waals surface area contributed by atoms with E-state index in [1.54, 1.807) is 0 Å². The van der Waals surface area contributed by atoms with Crippen LogP contribution in [0.5, 0.6) is 0 Å². The lowest BCUT2D eigenvalue weighted by Crippen LogP contribution is -2.30. The van der Waals surface area contributed by atoms with Gasteiger partial charge in [0.05, 0.1) is 6.61 Å². The first kappa shape index (κ1) is 10.6. The van der Waals surface area contributed by atoms with Gasteiger partial charge < -0.3 is 15.7 Å². The summed E-state index contributed by atoms with van der Waals surface area (Å²) in [7, 11) is 0. The van der Waals surface area contributed by atoms with Crippen molar-refractivity contribution in [2.75, 3.05) is 13.2 Å². The summed E-state index contributed by atoms with van der Waals surface area (Å²) in [5, 5.41) is 15.7. The largest absolute Gasteiger partial charge is 0.395 e. The molecule has 1 aliphatic rings. The van der Waals surface area contributed by atoms with E-state index in [0.717, 1.165) is 19.5 Å². The van der Waals surface area contributed by atoms with E-state index < -0.39 is 0 Å². The lowest BCUT2D eigenvalue weighted by molar-refractivity contribution is 0.253. The smallest absolute Gasteiger partial charge is 0.0585 e. The molecule has 1 aliphatic heterocycles. The van der Waals surface area contributed by atoms with Gasteiger partial charge in [-0.25, -0.2) is 0 Å². The predicted molar refractivity (Wildman–Crippen MR) is 60.6 cm³/mol. The predicted octanol–water partition coefficient (Wildman–Crippen LogP) is 0.499. The summed E-state index contributed by atoms with van der Waals surface area (Å²) in [6.45, 7) is 2.10. The Morgan fingerprint density at radius 3 is 2.80 bits per heavy atom. The molecule has 0 unspecified atom stereocenters. The van der Waals surface area contributed by atoms with Crippen LogP contribution >= 0.6 is 0 Å². The number of rotatable bonds is 4. The first-order chi connectivity index (χ1) is 7.38. The molecule has 1 heterocycles. The first-order valence-corrected chi connectivity index (χ1v) is 5.50. The summed E-state index contributed by atoms with van der Waals surface area (Å²) in [5.41, 5.74) is 1.31. The summed E-state index contributed by atoms with van der Waals surface area (Å²) in [5.74, 6) is 0. The number of aliphatic hydroxyl groups is 1. The maximum atomic E-state index is 8.98. The Morgan fingerprint density at radius 1 is 1.33 bits per heavy atom. The van der Waals surface area contributed by atoms with Crippen LogP contribution in [0.2, 0.25) is 0 Å². The van der Waals surface area contributed by atoms with E-state index in [9.17, 15) is 0 Å². The minimum Gasteiger partial charge on any atom is -0.395 e. The van der Waals surface area contributed by atoms with Crippen molar-refractivity contribution < 1.29 is 5.11 Å². The summed E-state index contributed by atoms with van der Waals surface area (Å²) in [6, 6.07) is 11.2. The van der Waals surface area contributed by atoms with Crippen LogP contribution in [-0.4, -0.2) is 30.3 Å². The minimum atomic E-state index is 0.240. The number of aliphatic hydroxyl groups excluding tert-OH is 1. The summed E-state index contributed by atoms with van der Waals surface area (Å²) < 4.78 is 0. The molecule has 0 saturated carbocycles. The van der Waals surface area contributed by atoms with Crippen molar-refractivity contribution in [2.24, 2.45) is 0 Å². The molecular formula is C12H18N2O. The zero-order valence-corrected chi connectivity index (χ0v) is 8.82. The molecule has 2 rings (SSSR count). The van der Waals surface area contributed by atoms with Gasteiger partial charge in [0.25, 0.3) is 0 Å². The standard InChI is InChI=1S/C12H18N2O/c15-9-12-6-11(8-14-12)13-7-10-4-2-1-3-5-10/h1-5,11-15H,6-9H2/t11-,12+/m1/s1. The molecule has 0 radical (unpaired) electrons. The third kappa shape index (κ3) is 3.02. The third-order valence-electron chi connectivity index (χ3n) is 2.88. The molecule has 0 aliphatic carbocycles. The number of benzene rings is 1. The van der Waals surface area contributed by atoms with Gasteiger partial charge >= 0.3 is 0 Å². The highest BCUT2D eigenvalue weighted by atomic mass is 16.3. The molecule has 3 heteroatoms. The highest BCUT2D eigenvalue weighted by molar-refractivity contribution is 5.14. The Hall–Kier alpha value is -0.900. The fourth-order valence-corrected chi connectivity index (χ4v) is 1.97. The molecular weight excluding hydrogens is 188 g/mol. The minimum absolute atomic E-state index is 0.240. The second kappa shape index (κ2) is 5.26. The monoisotopic (exact) mass is 206 g/mol. The highest BCUT2D eigenvalue weighted by Crippen LogP contribution is 2.07. The van der Waals surface area contributed by atoms with Crippen molar-refractivity contribution in [3.05, 3.63) is 35.9 Å². The molecule has 1 aromatic rings. The molecule has 2 atom stereocenters. The third-order valence-corrected chi connectivity index (χ3v) is 2.88. The summed E-state index contributed by atoms with van der Waals surface area (Å²) in [4.78, 5) is 0. The quantitative estimate of drug-likeness (QED) is 0.672. The van der Waals surface area contributed by atoms with E-state index in [-0.39, 0.29) is 12.6 Å². The van der Waals surface area contributed by atoms with E-state index in [1.807, 2.05) is 6.07 Å². The molecule has 1 fully saturated rings. The SMILES string of the molecule is OC[C@@H]1C[C@@H](NCc2ccccc2)CN1. The molecule has 1 aromatic carbocycles. The molecule has 15 heavy (non-hydrogen) atoms. The van der Waals surface area contributed by atoms with Gasteiger partial charge in [-0.3, -0.25) is 0 Å². The molecule has 0 aromatic heterocycles. The summed E-state index contributed by atoms with van der Waals surface area (Å²) >= 11 is 0. The van der Waals surface area contributed by atoms with Crippen molar-refractivity contribution >= 4 is 0 Å². The highest BCUT2D eigenvalue weighted by Gasteiger charge is 2.22. The average molecular weight is 206 g/mol. The number of hydrogen-bond acceptors (Lipinski definition) is 3. The Bertz CT molecular complexity index is 289. The number of nitrogens with one attached hydrogen (secondary N) is 2. The van der Waals surface area contributed by atoms with E-state index in [2.05, 4.69) is 34.9 Å². The number of hydrogen-bond donors (Lipinski definition) is 3. The van der Waals surface area contributed by atoms with Gasteiger partial charge in [0.15, 0.2) is 0 Å². The van der Waals surface area contributed by atoms with Crippen molar-refractivity contribution in [1.29, 1.82) is 0 Å². The van der Waals surface area contributed by atoms with E-state index in [4.69, 9.17) is 5.11 Å². The van der Waals surface area contributed by atoms with Crippen LogP contribution in [0, 0.1) is 0 Å². The second-order valence-corrected chi connectivity index (χ2v) is 4.09. The molecule has 1 saturated heterocycles. The lowest BCUT2D eigenvalue weighted by Gasteiger charge is -2.11. The van der Waals surface area contributed by atoms with Crippen LogP contribution in [0.15, 0.2) is 30.3 Å². The maximum Gasteiger partial charge on any atom is 0.0585 e. The van der Waals surface area contributed by atoms with Gasteiger partial charge in [-0.05, 0) is 12.0 Å². The molecule has 3 N–H and O–H groups in total. The van der Waals surface area contributed by atoms with E-state index in [1.165, 1.54) is 5.56 Å². The van der Waals surface area contributed by atoms with Crippen molar-refractivity contribution in [3.8, 4) is 0 Å². The van der Waals surface area contributed by atoms with Crippen molar-refractivity contribution in [1.82, 2.24) is 10.6 Å². The fraction of sp³-hybridized carbons (Fsp3) is 0.500. The Balaban J connectivity index is 1.75. The Kier molecular flexibility index (Phi) is 3.72. The van der Waals surface area contributed by atoms with Crippen LogP contribution in [-0.2, 0) is 6.54 Å². The van der Waals surface area contributed by atoms with Crippen LogP contribution in [0.4, 0.5) is 0 Å². The van der Waals surface area contributed by atoms with Crippen molar-refractivity contribution in [2.45, 2.75) is 25.0 Å². The Morgan fingerprint density at radius 2 is 2.13 bits per heavy atom. The lowest BCUT2D eigenvalue weighted by atomic mass is 10.1. The van der Waals surface area contributed by atoms with Gasteiger partial charge in [-0.2, -0.15) is 0 Å². The van der Waals surface area contributed by atoms with Crippen molar-refractivity contribution in [3.63, 3.8) is 0 Å². The van der Waals surface area contributed by atoms with Crippen LogP contribution < -0.4 is 10.6 Å². The Labute approximate surface area is 90.5 Å². The van der Waals surface area contributed by atoms with Gasteiger partial charge in [0, 0.05) is 25.2 Å². The van der Waals surface area contributed by atoms with Gasteiger partial charge in [-0.15, -0.1) is 0 Å². The first-order valence-electron chi connectivity index (χ1n) is 5.50. The van der Waals surface area contributed by atoms with Crippen LogP contribution in [0.1, 0.15) is 12.0 Å². The van der Waals surface area contributed by atoms with Crippen LogP contribution in [0.3, 0.4) is 0 Å². The van der Waals surface area contributed by atoms with Gasteiger partial charge in [0.1, 0.15) is 0 Å². The topological polar surface area (TPSA) is 44.3 Å². The van der Waals surface area contributed by atoms with Gasteiger partial charge in [-0.1, -0.05) is 30.3 Å². The van der Waals surface area contributed by atoms with Gasteiger partial charge in [0.2, 0.25) is 0 Å². The summed E-state index contributed by atoms with van der Waals surface area (Å²) in [6.07, 6.45) is 1.02. The van der Waals surface area contributed by atoms with E-state index >= 15 is 0 Å². The average Bonchev–Trinajstić information content (AvgIpc) is 2.76. The second-order valence-electron chi connectivity index (χ2n) is 4.09. The fourth-order valence-electron chi connectivity index (χ4n) is 1.97. The van der Waals surface area contributed by atoms with Crippen LogP contribution in [0.25, 0.3) is 0 Å². The zero-order chi connectivity index (χ0) is 10.5.